The minimum atomic E-state index is -0.876. The lowest BCUT2D eigenvalue weighted by atomic mass is 9.97. The molecule has 2 unspecified atom stereocenters. The summed E-state index contributed by atoms with van der Waals surface area (Å²) in [5, 5.41) is 5.67. The van der Waals surface area contributed by atoms with Crippen LogP contribution in [0.3, 0.4) is 0 Å². The summed E-state index contributed by atoms with van der Waals surface area (Å²) in [6.07, 6.45) is 1.95. The zero-order valence-electron chi connectivity index (χ0n) is 22.7. The standard InChI is InChI=1S/C29H41N3O4/c1-8-9-14-19-32(27(34)22(4)30-28(35)36-29(5,6)7)25(23-17-12-10-15-20(23)2)26(33)31-24-18-13-11-16-21(24)3/h10-13,15-18,22,25H,8-9,14,19H2,1-7H3,(H,30,35)(H,31,33). The van der Waals surface area contributed by atoms with Crippen LogP contribution in [0.1, 0.15) is 76.6 Å². The van der Waals surface area contributed by atoms with Crippen molar-refractivity contribution in [3.63, 3.8) is 0 Å². The normalized spacial score (nSPS) is 12.9. The third kappa shape index (κ3) is 8.40. The average Bonchev–Trinajstić information content (AvgIpc) is 2.79. The molecule has 3 amide bonds. The Hall–Kier alpha value is -3.35. The minimum Gasteiger partial charge on any atom is -0.444 e. The molecule has 2 N–H and O–H groups in total. The van der Waals surface area contributed by atoms with Crippen molar-refractivity contribution >= 4 is 23.6 Å². The number of benzene rings is 2. The summed E-state index contributed by atoms with van der Waals surface area (Å²) >= 11 is 0. The van der Waals surface area contributed by atoms with Gasteiger partial charge in [-0.05, 0) is 70.7 Å². The molecule has 2 rings (SSSR count). The van der Waals surface area contributed by atoms with Crippen molar-refractivity contribution in [3.8, 4) is 0 Å². The maximum Gasteiger partial charge on any atom is 0.408 e. The van der Waals surface area contributed by atoms with Crippen LogP contribution in [-0.2, 0) is 14.3 Å². The van der Waals surface area contributed by atoms with Crippen molar-refractivity contribution < 1.29 is 19.1 Å². The quantitative estimate of drug-likeness (QED) is 0.401. The molecule has 7 heteroatoms. The van der Waals surface area contributed by atoms with E-state index < -0.39 is 23.8 Å². The maximum atomic E-state index is 13.8. The average molecular weight is 496 g/mol. The lowest BCUT2D eigenvalue weighted by Gasteiger charge is -2.34. The van der Waals surface area contributed by atoms with E-state index in [9.17, 15) is 14.4 Å². The summed E-state index contributed by atoms with van der Waals surface area (Å²) in [6, 6.07) is 13.4. The number of unbranched alkanes of at least 4 members (excludes halogenated alkanes) is 2. The van der Waals surface area contributed by atoms with Crippen LogP contribution in [0.4, 0.5) is 10.5 Å². The van der Waals surface area contributed by atoms with Crippen LogP contribution in [0.15, 0.2) is 48.5 Å². The van der Waals surface area contributed by atoms with E-state index in [1.807, 2.05) is 62.4 Å². The van der Waals surface area contributed by atoms with E-state index in [0.29, 0.717) is 12.2 Å². The second kappa shape index (κ2) is 13.1. The molecule has 0 saturated carbocycles. The van der Waals surface area contributed by atoms with Gasteiger partial charge in [0.25, 0.3) is 5.91 Å². The smallest absolute Gasteiger partial charge is 0.408 e. The number of anilines is 1. The van der Waals surface area contributed by atoms with Gasteiger partial charge in [-0.25, -0.2) is 4.79 Å². The first kappa shape index (κ1) is 28.9. The van der Waals surface area contributed by atoms with E-state index in [2.05, 4.69) is 17.6 Å². The van der Waals surface area contributed by atoms with Gasteiger partial charge in [-0.1, -0.05) is 62.2 Å². The number of aryl methyl sites for hydroxylation is 2. The number of nitrogens with one attached hydrogen (secondary N) is 2. The van der Waals surface area contributed by atoms with Crippen molar-refractivity contribution in [1.82, 2.24) is 10.2 Å². The maximum absolute atomic E-state index is 13.8. The predicted octanol–water partition coefficient (Wildman–Crippen LogP) is 5.92. The third-order valence-corrected chi connectivity index (χ3v) is 5.84. The molecule has 7 nitrogen and oxygen atoms in total. The fourth-order valence-corrected chi connectivity index (χ4v) is 3.95. The summed E-state index contributed by atoms with van der Waals surface area (Å²) in [5.41, 5.74) is 2.59. The van der Waals surface area contributed by atoms with Gasteiger partial charge in [-0.3, -0.25) is 9.59 Å². The topological polar surface area (TPSA) is 87.7 Å². The monoisotopic (exact) mass is 495 g/mol. The summed E-state index contributed by atoms with van der Waals surface area (Å²) in [6.45, 7) is 13.2. The molecule has 0 aromatic heterocycles. The molecule has 0 aliphatic heterocycles. The SMILES string of the molecule is CCCCCN(C(=O)C(C)NC(=O)OC(C)(C)C)C(C(=O)Nc1ccccc1C)c1ccccc1C. The first-order valence-corrected chi connectivity index (χ1v) is 12.7. The molecule has 0 heterocycles. The van der Waals surface area contributed by atoms with E-state index in [1.54, 1.807) is 32.6 Å². The van der Waals surface area contributed by atoms with Crippen LogP contribution >= 0.6 is 0 Å². The largest absolute Gasteiger partial charge is 0.444 e. The van der Waals surface area contributed by atoms with E-state index >= 15 is 0 Å². The van der Waals surface area contributed by atoms with Gasteiger partial charge in [0.15, 0.2) is 0 Å². The summed E-state index contributed by atoms with van der Waals surface area (Å²) in [7, 11) is 0. The highest BCUT2D eigenvalue weighted by atomic mass is 16.6. The predicted molar refractivity (Wildman–Crippen MR) is 144 cm³/mol. The van der Waals surface area contributed by atoms with Crippen molar-refractivity contribution in [1.29, 1.82) is 0 Å². The number of hydrogen-bond donors (Lipinski definition) is 2. The van der Waals surface area contributed by atoms with Gasteiger partial charge in [0.05, 0.1) is 0 Å². The zero-order valence-corrected chi connectivity index (χ0v) is 22.7. The van der Waals surface area contributed by atoms with Crippen LogP contribution in [0.25, 0.3) is 0 Å². The number of carbonyl (C=O) groups is 3. The number of para-hydroxylation sites is 1. The van der Waals surface area contributed by atoms with E-state index in [-0.39, 0.29) is 11.8 Å². The number of ether oxygens (including phenoxy) is 1. The summed E-state index contributed by atoms with van der Waals surface area (Å²) < 4.78 is 5.34. The van der Waals surface area contributed by atoms with Gasteiger partial charge in [-0.15, -0.1) is 0 Å². The molecule has 0 fully saturated rings. The molecule has 196 valence electrons. The molecule has 36 heavy (non-hydrogen) atoms. The van der Waals surface area contributed by atoms with Crippen LogP contribution in [-0.4, -0.2) is 41.0 Å². The molecule has 0 saturated heterocycles. The Morgan fingerprint density at radius 1 is 0.944 bits per heavy atom. The second-order valence-electron chi connectivity index (χ2n) is 10.2. The molecule has 0 radical (unpaired) electrons. The second-order valence-corrected chi connectivity index (χ2v) is 10.2. The van der Waals surface area contributed by atoms with Gasteiger partial charge in [0.2, 0.25) is 5.91 Å². The number of nitrogens with zero attached hydrogens (tertiary/aromatic N) is 1. The summed E-state index contributed by atoms with van der Waals surface area (Å²) in [5.74, 6) is -0.641. The van der Waals surface area contributed by atoms with Crippen LogP contribution < -0.4 is 10.6 Å². The highest BCUT2D eigenvalue weighted by Gasteiger charge is 2.35. The van der Waals surface area contributed by atoms with E-state index in [0.717, 1.165) is 36.0 Å². The summed E-state index contributed by atoms with van der Waals surface area (Å²) in [4.78, 5) is 41.5. The molecular formula is C29H41N3O4. The highest BCUT2D eigenvalue weighted by molar-refractivity contribution is 5.99. The number of carbonyl (C=O) groups excluding carboxylic acids is 3. The van der Waals surface area contributed by atoms with Crippen LogP contribution in [0.5, 0.6) is 0 Å². The lowest BCUT2D eigenvalue weighted by molar-refractivity contribution is -0.140. The van der Waals surface area contributed by atoms with E-state index in [1.165, 1.54) is 0 Å². The molecule has 2 atom stereocenters. The van der Waals surface area contributed by atoms with Crippen molar-refractivity contribution in [2.24, 2.45) is 0 Å². The highest BCUT2D eigenvalue weighted by Crippen LogP contribution is 2.28. The molecular weight excluding hydrogens is 454 g/mol. The molecule has 0 aliphatic carbocycles. The number of hydrogen-bond acceptors (Lipinski definition) is 4. The van der Waals surface area contributed by atoms with Gasteiger partial charge >= 0.3 is 6.09 Å². The lowest BCUT2D eigenvalue weighted by Crippen LogP contribution is -2.51. The van der Waals surface area contributed by atoms with Crippen LogP contribution in [0.2, 0.25) is 0 Å². The first-order valence-electron chi connectivity index (χ1n) is 12.7. The number of alkyl carbamates (subject to hydrolysis) is 1. The Balaban J connectivity index is 2.44. The third-order valence-electron chi connectivity index (χ3n) is 5.84. The Kier molecular flexibility index (Phi) is 10.5. The first-order chi connectivity index (χ1) is 16.9. The molecule has 0 bridgehead atoms. The molecule has 2 aromatic rings. The van der Waals surface area contributed by atoms with Gasteiger partial charge in [0.1, 0.15) is 17.7 Å². The van der Waals surface area contributed by atoms with Gasteiger partial charge in [0, 0.05) is 12.2 Å². The molecule has 0 spiro atoms. The number of amides is 3. The van der Waals surface area contributed by atoms with Crippen molar-refractivity contribution in [2.75, 3.05) is 11.9 Å². The van der Waals surface area contributed by atoms with Crippen molar-refractivity contribution in [2.45, 2.75) is 85.4 Å². The molecule has 0 aliphatic rings. The Bertz CT molecular complexity index is 1040. The van der Waals surface area contributed by atoms with Crippen LogP contribution in [0, 0.1) is 13.8 Å². The Labute approximate surface area is 215 Å². The fraction of sp³-hybridized carbons (Fsp3) is 0.483. The fourth-order valence-electron chi connectivity index (χ4n) is 3.95. The van der Waals surface area contributed by atoms with E-state index in [4.69, 9.17) is 4.74 Å². The Morgan fingerprint density at radius 3 is 2.14 bits per heavy atom. The van der Waals surface area contributed by atoms with Gasteiger partial charge in [-0.2, -0.15) is 0 Å². The zero-order chi connectivity index (χ0) is 26.9. The molecule has 2 aromatic carbocycles. The Morgan fingerprint density at radius 2 is 1.56 bits per heavy atom. The minimum absolute atomic E-state index is 0.298. The number of rotatable bonds is 10. The van der Waals surface area contributed by atoms with Gasteiger partial charge < -0.3 is 20.3 Å². The van der Waals surface area contributed by atoms with Crippen molar-refractivity contribution in [3.05, 3.63) is 65.2 Å².